The zero-order valence-corrected chi connectivity index (χ0v) is 11.0. The van der Waals surface area contributed by atoms with Crippen molar-refractivity contribution in [3.05, 3.63) is 0 Å². The molecule has 0 bridgehead atoms. The number of hydrogen-bond acceptors (Lipinski definition) is 4. The Kier molecular flexibility index (Phi) is 10.1. The molecule has 1 unspecified atom stereocenters. The van der Waals surface area contributed by atoms with Gasteiger partial charge in [0.1, 0.15) is 0 Å². The van der Waals surface area contributed by atoms with E-state index in [-0.39, 0.29) is 34.5 Å². The number of rotatable bonds is 4. The summed E-state index contributed by atoms with van der Waals surface area (Å²) in [6.45, 7) is -0.129. The van der Waals surface area contributed by atoms with E-state index >= 15 is 0 Å². The Morgan fingerprint density at radius 1 is 1.55 bits per heavy atom. The van der Waals surface area contributed by atoms with Crippen LogP contribution in [0.15, 0.2) is 0 Å². The van der Waals surface area contributed by atoms with Crippen LogP contribution in [0, 0.1) is 0 Å². The van der Waals surface area contributed by atoms with Gasteiger partial charge in [0.15, 0.2) is 0 Å². The third-order valence-corrected chi connectivity index (χ3v) is 3.28. The Morgan fingerprint density at radius 2 is 2.00 bits per heavy atom. The van der Waals surface area contributed by atoms with Crippen molar-refractivity contribution >= 4 is 62.7 Å². The van der Waals surface area contributed by atoms with E-state index in [0.717, 1.165) is 0 Å². The number of halogens is 2. The van der Waals surface area contributed by atoms with Crippen molar-refractivity contribution in [3.8, 4) is 0 Å². The molecule has 0 spiro atoms. The molecule has 0 aliphatic heterocycles. The normalized spacial score (nSPS) is 13.8. The average Bonchev–Trinajstić information content (AvgIpc) is 1.81. The number of phosphoric acid groups is 1. The first-order valence-corrected chi connectivity index (χ1v) is 5.82. The monoisotopic (exact) mass is 318 g/mol. The van der Waals surface area contributed by atoms with E-state index in [2.05, 4.69) is 36.4 Å². The van der Waals surface area contributed by atoms with E-state index in [1.165, 1.54) is 0 Å². The molecule has 0 saturated carbocycles. The van der Waals surface area contributed by atoms with Gasteiger partial charge >= 0.3 is 23.1 Å². The Balaban J connectivity index is 0. The molecule has 0 rings (SSSR count). The topological polar surface area (TPSA) is 72.4 Å². The molecule has 0 aromatic carbocycles. The summed E-state index contributed by atoms with van der Waals surface area (Å²) in [4.78, 5) is 19.6. The molecule has 4 nitrogen and oxygen atoms in total. The van der Waals surface area contributed by atoms with E-state index in [1.54, 1.807) is 0 Å². The molecule has 0 radical (unpaired) electrons. The van der Waals surface area contributed by atoms with Crippen molar-refractivity contribution < 1.29 is 18.9 Å². The van der Waals surface area contributed by atoms with Crippen LogP contribution >= 0.6 is 39.7 Å². The summed E-state index contributed by atoms with van der Waals surface area (Å²) in [7, 11) is -4.78. The molecule has 1 atom stereocenters. The van der Waals surface area contributed by atoms with Gasteiger partial charge in [-0.05, 0) is 0 Å². The minimum Gasteiger partial charge on any atom is -0.790 e. The van der Waals surface area contributed by atoms with Crippen LogP contribution in [-0.4, -0.2) is 39.8 Å². The molecular weight excluding hydrogens is 315 g/mol. The van der Waals surface area contributed by atoms with Crippen molar-refractivity contribution in [2.45, 2.75) is 4.83 Å². The Labute approximate surface area is 97.7 Å². The van der Waals surface area contributed by atoms with Gasteiger partial charge in [-0.1, -0.05) is 31.9 Å². The molecule has 8 heteroatoms. The molecule has 62 valence electrons. The number of phosphoric ester groups is 1. The predicted molar refractivity (Wildman–Crippen MR) is 45.8 cm³/mol. The third-order valence-electron chi connectivity index (χ3n) is 0.581. The maximum Gasteiger partial charge on any atom is 2.00 e. The first-order valence-electron chi connectivity index (χ1n) is 2.32. The minimum absolute atomic E-state index is 0. The standard InChI is InChI=1S/C3H7Br2O4P.Mg/c4-1-3(5)2-9-10(6,7)8;/h3H,1-2H2,(H2,6,7,8);/q;+2/p-2. The van der Waals surface area contributed by atoms with Gasteiger partial charge in [0.05, 0.1) is 14.4 Å². The van der Waals surface area contributed by atoms with Gasteiger partial charge in [-0.25, -0.2) is 0 Å². The minimum atomic E-state index is -4.78. The summed E-state index contributed by atoms with van der Waals surface area (Å²) in [6, 6.07) is 0. The van der Waals surface area contributed by atoms with Crippen molar-refractivity contribution in [2.24, 2.45) is 0 Å². The van der Waals surface area contributed by atoms with Gasteiger partial charge in [-0.2, -0.15) is 0 Å². The summed E-state index contributed by atoms with van der Waals surface area (Å²) in [5.41, 5.74) is 0. The average molecular weight is 320 g/mol. The molecular formula is C3H5Br2MgO4P. The molecule has 0 N–H and O–H groups in total. The van der Waals surface area contributed by atoms with Gasteiger partial charge in [0.25, 0.3) is 0 Å². The fourth-order valence-corrected chi connectivity index (χ4v) is 1.10. The van der Waals surface area contributed by atoms with Crippen LogP contribution < -0.4 is 9.79 Å². The molecule has 0 heterocycles. The van der Waals surface area contributed by atoms with Gasteiger partial charge in [-0.15, -0.1) is 0 Å². The van der Waals surface area contributed by atoms with Crippen molar-refractivity contribution in [1.29, 1.82) is 0 Å². The van der Waals surface area contributed by atoms with Crippen LogP contribution in [0.3, 0.4) is 0 Å². The largest absolute Gasteiger partial charge is 2.00 e. The molecule has 0 amide bonds. The predicted octanol–water partition coefficient (Wildman–Crippen LogP) is -0.391. The summed E-state index contributed by atoms with van der Waals surface area (Å²) < 4.78 is 13.8. The molecule has 0 saturated heterocycles. The maximum absolute atomic E-state index is 9.87. The second kappa shape index (κ2) is 7.26. The Bertz CT molecular complexity index is 139. The second-order valence-electron chi connectivity index (χ2n) is 1.49. The van der Waals surface area contributed by atoms with Crippen molar-refractivity contribution in [1.82, 2.24) is 0 Å². The maximum atomic E-state index is 9.87. The van der Waals surface area contributed by atoms with Crippen LogP contribution in [0.25, 0.3) is 0 Å². The van der Waals surface area contributed by atoms with E-state index in [0.29, 0.717) is 5.33 Å². The molecule has 11 heavy (non-hydrogen) atoms. The van der Waals surface area contributed by atoms with Crippen LogP contribution in [0.4, 0.5) is 0 Å². The fourth-order valence-electron chi connectivity index (χ4n) is 0.217. The number of hydrogen-bond donors (Lipinski definition) is 0. The van der Waals surface area contributed by atoms with Crippen LogP contribution in [0.5, 0.6) is 0 Å². The third kappa shape index (κ3) is 11.8. The second-order valence-corrected chi connectivity index (χ2v) is 4.59. The fraction of sp³-hybridized carbons (Fsp3) is 1.00. The van der Waals surface area contributed by atoms with Gasteiger partial charge in [0.2, 0.25) is 0 Å². The smallest absolute Gasteiger partial charge is 0.790 e. The first kappa shape index (κ1) is 15.3. The van der Waals surface area contributed by atoms with Gasteiger partial charge < -0.3 is 18.9 Å². The van der Waals surface area contributed by atoms with E-state index < -0.39 is 7.82 Å². The zero-order chi connectivity index (χ0) is 8.20. The Morgan fingerprint density at radius 3 is 2.27 bits per heavy atom. The molecule has 0 aliphatic rings. The van der Waals surface area contributed by atoms with E-state index in [1.807, 2.05) is 0 Å². The van der Waals surface area contributed by atoms with Gasteiger partial charge in [-0.3, -0.25) is 0 Å². The SMILES string of the molecule is O=P([O-])([O-])OCC(Br)CBr.[Mg+2]. The summed E-state index contributed by atoms with van der Waals surface area (Å²) in [5, 5.41) is 0.535. The van der Waals surface area contributed by atoms with Crippen molar-refractivity contribution in [2.75, 3.05) is 11.9 Å². The molecule has 0 aliphatic carbocycles. The zero-order valence-electron chi connectivity index (χ0n) is 5.53. The van der Waals surface area contributed by atoms with Crippen LogP contribution in [0.1, 0.15) is 0 Å². The van der Waals surface area contributed by atoms with Gasteiger partial charge in [0, 0.05) is 10.2 Å². The van der Waals surface area contributed by atoms with E-state index in [9.17, 15) is 14.4 Å². The summed E-state index contributed by atoms with van der Waals surface area (Å²) in [6.07, 6.45) is 0. The molecule has 0 fully saturated rings. The summed E-state index contributed by atoms with van der Waals surface area (Å²) in [5.74, 6) is 0. The van der Waals surface area contributed by atoms with Crippen molar-refractivity contribution in [3.63, 3.8) is 0 Å². The van der Waals surface area contributed by atoms with E-state index in [4.69, 9.17) is 0 Å². The van der Waals surface area contributed by atoms with Crippen LogP contribution in [0.2, 0.25) is 0 Å². The van der Waals surface area contributed by atoms with Crippen LogP contribution in [-0.2, 0) is 9.09 Å². The quantitative estimate of drug-likeness (QED) is 0.402. The first-order chi connectivity index (χ1) is 4.45. The molecule has 0 aromatic rings. The Hall–Kier alpha value is 1.84. The molecule has 0 aromatic heterocycles. The number of alkyl halides is 2. The summed E-state index contributed by atoms with van der Waals surface area (Å²) >= 11 is 6.12.